The van der Waals surface area contributed by atoms with Gasteiger partial charge in [-0.1, -0.05) is 11.6 Å². The highest BCUT2D eigenvalue weighted by molar-refractivity contribution is 7.12. The molecule has 1 atom stereocenters. The van der Waals surface area contributed by atoms with E-state index in [4.69, 9.17) is 11.6 Å². The molecule has 1 aromatic heterocycles. The first-order valence-corrected chi connectivity index (χ1v) is 7.98. The molecule has 112 valence electrons. The Morgan fingerprint density at radius 1 is 1.35 bits per heavy atom. The summed E-state index contributed by atoms with van der Waals surface area (Å²) >= 11 is 7.48. The fourth-order valence-corrected chi connectivity index (χ4v) is 3.96. The van der Waals surface area contributed by atoms with Gasteiger partial charge in [0.1, 0.15) is 4.88 Å². The number of likely N-dealkylation sites (tertiary alicyclic amines) is 1. The molecular formula is C13H19Cl2N3OS. The van der Waals surface area contributed by atoms with Crippen LogP contribution in [0, 0.1) is 0 Å². The maximum Gasteiger partial charge on any atom is 0.265 e. The van der Waals surface area contributed by atoms with Crippen LogP contribution in [-0.2, 0) is 0 Å². The van der Waals surface area contributed by atoms with E-state index in [9.17, 15) is 4.79 Å². The van der Waals surface area contributed by atoms with Crippen LogP contribution in [0.1, 0.15) is 16.1 Å². The molecule has 0 bridgehead atoms. The summed E-state index contributed by atoms with van der Waals surface area (Å²) in [5, 5.41) is 5.82. The lowest BCUT2D eigenvalue weighted by Gasteiger charge is -2.32. The molecule has 7 heteroatoms. The first-order valence-electron chi connectivity index (χ1n) is 6.73. The van der Waals surface area contributed by atoms with Crippen molar-refractivity contribution >= 4 is 41.3 Å². The number of hydrogen-bond donors (Lipinski definition) is 1. The van der Waals surface area contributed by atoms with Gasteiger partial charge in [-0.2, -0.15) is 0 Å². The lowest BCUT2D eigenvalue weighted by Crippen LogP contribution is -2.49. The van der Waals surface area contributed by atoms with Crippen molar-refractivity contribution < 1.29 is 4.79 Å². The number of nitrogens with zero attached hydrogens (tertiary/aromatic N) is 2. The number of nitrogens with one attached hydrogen (secondary N) is 1. The molecule has 0 aliphatic carbocycles. The summed E-state index contributed by atoms with van der Waals surface area (Å²) in [5.74, 6) is 0.0950. The fourth-order valence-electron chi connectivity index (χ4n) is 2.86. The Bertz CT molecular complexity index is 462. The lowest BCUT2D eigenvalue weighted by molar-refractivity contribution is 0.0778. The normalized spacial score (nSPS) is 23.6. The van der Waals surface area contributed by atoms with E-state index in [2.05, 4.69) is 10.2 Å². The van der Waals surface area contributed by atoms with Crippen molar-refractivity contribution in [3.63, 3.8) is 0 Å². The molecule has 2 saturated heterocycles. The Hall–Kier alpha value is -0.330. The largest absolute Gasteiger partial charge is 0.336 e. The van der Waals surface area contributed by atoms with Crippen molar-refractivity contribution in [3.8, 4) is 0 Å². The maximum absolute atomic E-state index is 12.4. The lowest BCUT2D eigenvalue weighted by atomic mass is 10.2. The number of thiophene rings is 1. The summed E-state index contributed by atoms with van der Waals surface area (Å²) < 4.78 is 0. The summed E-state index contributed by atoms with van der Waals surface area (Å²) in [4.78, 5) is 17.5. The minimum atomic E-state index is 0. The first kappa shape index (κ1) is 16.0. The summed E-state index contributed by atoms with van der Waals surface area (Å²) in [5.41, 5.74) is 0. The third kappa shape index (κ3) is 3.28. The van der Waals surface area contributed by atoms with E-state index < -0.39 is 0 Å². The Morgan fingerprint density at radius 2 is 2.10 bits per heavy atom. The Kier molecular flexibility index (Phi) is 5.69. The van der Waals surface area contributed by atoms with Gasteiger partial charge < -0.3 is 10.2 Å². The van der Waals surface area contributed by atoms with E-state index in [1.54, 1.807) is 6.07 Å². The molecule has 1 N–H and O–H groups in total. The van der Waals surface area contributed by atoms with Gasteiger partial charge in [-0.3, -0.25) is 9.69 Å². The SMILES string of the molecule is Cl.O=C(c1sccc1Cl)N1CCC(N2CCNCC2)C1. The molecule has 1 aromatic rings. The minimum Gasteiger partial charge on any atom is -0.336 e. The van der Waals surface area contributed by atoms with E-state index in [0.29, 0.717) is 15.9 Å². The second-order valence-electron chi connectivity index (χ2n) is 5.08. The number of rotatable bonds is 2. The number of carbonyl (C=O) groups excluding carboxylic acids is 1. The Morgan fingerprint density at radius 3 is 2.75 bits per heavy atom. The minimum absolute atomic E-state index is 0. The Labute approximate surface area is 134 Å². The van der Waals surface area contributed by atoms with Crippen molar-refractivity contribution in [1.82, 2.24) is 15.1 Å². The number of amides is 1. The van der Waals surface area contributed by atoms with Crippen LogP contribution in [0.15, 0.2) is 11.4 Å². The molecular weight excluding hydrogens is 317 g/mol. The highest BCUT2D eigenvalue weighted by Gasteiger charge is 2.32. The van der Waals surface area contributed by atoms with Gasteiger partial charge in [-0.15, -0.1) is 23.7 Å². The predicted octanol–water partition coefficient (Wildman–Crippen LogP) is 1.94. The van der Waals surface area contributed by atoms with Crippen molar-refractivity contribution in [2.24, 2.45) is 0 Å². The molecule has 2 fully saturated rings. The highest BCUT2D eigenvalue weighted by Crippen LogP contribution is 2.26. The molecule has 4 nitrogen and oxygen atoms in total. The monoisotopic (exact) mass is 335 g/mol. The third-order valence-corrected chi connectivity index (χ3v) is 5.26. The maximum atomic E-state index is 12.4. The fraction of sp³-hybridized carbons (Fsp3) is 0.615. The van der Waals surface area contributed by atoms with Gasteiger partial charge in [0.15, 0.2) is 0 Å². The quantitative estimate of drug-likeness (QED) is 0.897. The van der Waals surface area contributed by atoms with Gasteiger partial charge in [0.05, 0.1) is 5.02 Å². The molecule has 2 aliphatic heterocycles. The van der Waals surface area contributed by atoms with Gasteiger partial charge in [-0.25, -0.2) is 0 Å². The van der Waals surface area contributed by atoms with Gasteiger partial charge in [-0.05, 0) is 17.9 Å². The summed E-state index contributed by atoms with van der Waals surface area (Å²) in [7, 11) is 0. The van der Waals surface area contributed by atoms with Crippen LogP contribution in [0.2, 0.25) is 5.02 Å². The van der Waals surface area contributed by atoms with Gasteiger partial charge in [0.2, 0.25) is 0 Å². The third-order valence-electron chi connectivity index (χ3n) is 3.93. The zero-order valence-electron chi connectivity index (χ0n) is 11.2. The van der Waals surface area contributed by atoms with E-state index in [-0.39, 0.29) is 18.3 Å². The average Bonchev–Trinajstić information content (AvgIpc) is 3.08. The molecule has 0 aromatic carbocycles. The predicted molar refractivity (Wildman–Crippen MR) is 85.3 cm³/mol. The van der Waals surface area contributed by atoms with Gasteiger partial charge in [0.25, 0.3) is 5.91 Å². The van der Waals surface area contributed by atoms with E-state index in [0.717, 1.165) is 45.7 Å². The number of piperazine rings is 1. The molecule has 0 radical (unpaired) electrons. The molecule has 3 heterocycles. The molecule has 1 amide bonds. The zero-order valence-corrected chi connectivity index (χ0v) is 13.6. The molecule has 20 heavy (non-hydrogen) atoms. The summed E-state index contributed by atoms with van der Waals surface area (Å²) in [6.07, 6.45) is 1.08. The van der Waals surface area contributed by atoms with Crippen LogP contribution in [-0.4, -0.2) is 61.0 Å². The summed E-state index contributed by atoms with van der Waals surface area (Å²) in [6, 6.07) is 2.31. The molecule has 0 saturated carbocycles. The average molecular weight is 336 g/mol. The van der Waals surface area contributed by atoms with Crippen LogP contribution in [0.3, 0.4) is 0 Å². The van der Waals surface area contributed by atoms with Crippen LogP contribution in [0.25, 0.3) is 0 Å². The standard InChI is InChI=1S/C13H18ClN3OS.ClH/c14-11-2-8-19-12(11)13(18)17-5-1-10(9-17)16-6-3-15-4-7-16;/h2,8,10,15H,1,3-7,9H2;1H. The summed E-state index contributed by atoms with van der Waals surface area (Å²) in [6.45, 7) is 5.98. The molecule has 0 spiro atoms. The van der Waals surface area contributed by atoms with Gasteiger partial charge >= 0.3 is 0 Å². The van der Waals surface area contributed by atoms with Crippen LogP contribution < -0.4 is 5.32 Å². The van der Waals surface area contributed by atoms with E-state index in [1.807, 2.05) is 10.3 Å². The van der Waals surface area contributed by atoms with Crippen LogP contribution in [0.4, 0.5) is 0 Å². The molecule has 2 aliphatic rings. The number of carbonyl (C=O) groups is 1. The topological polar surface area (TPSA) is 35.6 Å². The van der Waals surface area contributed by atoms with Crippen molar-refractivity contribution in [1.29, 1.82) is 0 Å². The highest BCUT2D eigenvalue weighted by atomic mass is 35.5. The van der Waals surface area contributed by atoms with Crippen molar-refractivity contribution in [3.05, 3.63) is 21.3 Å². The number of halogens is 2. The first-order chi connectivity index (χ1) is 9.25. The van der Waals surface area contributed by atoms with Gasteiger partial charge in [0, 0.05) is 45.3 Å². The van der Waals surface area contributed by atoms with Crippen LogP contribution in [0.5, 0.6) is 0 Å². The van der Waals surface area contributed by atoms with E-state index >= 15 is 0 Å². The second-order valence-corrected chi connectivity index (χ2v) is 6.40. The number of hydrogen-bond acceptors (Lipinski definition) is 4. The van der Waals surface area contributed by atoms with Crippen molar-refractivity contribution in [2.75, 3.05) is 39.3 Å². The zero-order chi connectivity index (χ0) is 13.2. The van der Waals surface area contributed by atoms with E-state index in [1.165, 1.54) is 11.3 Å². The van der Waals surface area contributed by atoms with Crippen molar-refractivity contribution in [2.45, 2.75) is 12.5 Å². The second kappa shape index (κ2) is 7.09. The Balaban J connectivity index is 0.00000147. The molecule has 3 rings (SSSR count). The smallest absolute Gasteiger partial charge is 0.265 e. The van der Waals surface area contributed by atoms with Crippen LogP contribution >= 0.6 is 35.3 Å². The molecule has 1 unspecified atom stereocenters.